The van der Waals surface area contributed by atoms with Gasteiger partial charge in [-0.05, 0) is 44.2 Å². The fourth-order valence-electron chi connectivity index (χ4n) is 2.40. The van der Waals surface area contributed by atoms with Gasteiger partial charge in [0.05, 0.1) is 17.5 Å². The quantitative estimate of drug-likeness (QED) is 0.922. The molecule has 1 aromatic rings. The summed E-state index contributed by atoms with van der Waals surface area (Å²) in [4.78, 5) is 15.2. The normalized spacial score (nSPS) is 20.0. The van der Waals surface area contributed by atoms with Gasteiger partial charge in [-0.25, -0.2) is 4.79 Å². The Balaban J connectivity index is 1.98. The van der Waals surface area contributed by atoms with E-state index in [1.54, 1.807) is 0 Å². The van der Waals surface area contributed by atoms with Crippen LogP contribution in [0.25, 0.3) is 0 Å². The largest absolute Gasteiger partial charge is 0.491 e. The van der Waals surface area contributed by atoms with Gasteiger partial charge < -0.3 is 10.1 Å². The number of nitrogens with one attached hydrogen (secondary N) is 1. The molecular weight excluding hydrogens is 288 g/mol. The molecule has 1 unspecified atom stereocenters. The number of benzene rings is 1. The van der Waals surface area contributed by atoms with Crippen LogP contribution in [-0.2, 0) is 0 Å². The number of urea groups is 1. The summed E-state index contributed by atoms with van der Waals surface area (Å²) >= 11 is 6.11. The second-order valence-corrected chi connectivity index (χ2v) is 5.68. The van der Waals surface area contributed by atoms with Crippen LogP contribution in [0.15, 0.2) is 47.1 Å². The summed E-state index contributed by atoms with van der Waals surface area (Å²) < 4.78 is 5.85. The monoisotopic (exact) mass is 302 g/mol. The van der Waals surface area contributed by atoms with Crippen LogP contribution in [0, 0.1) is 0 Å². The Morgan fingerprint density at radius 3 is 2.95 bits per heavy atom. The van der Waals surface area contributed by atoms with Crippen LogP contribution < -0.4 is 10.1 Å². The number of amides is 2. The van der Waals surface area contributed by atoms with Crippen molar-refractivity contribution in [3.63, 3.8) is 0 Å². The number of rotatable bonds is 3. The summed E-state index contributed by atoms with van der Waals surface area (Å²) in [6.07, 6.45) is 5.87. The number of nitrogens with zero attached hydrogens (tertiary/aromatic N) is 1. The highest BCUT2D eigenvalue weighted by molar-refractivity contribution is 6.30. The molecule has 1 N–H and O–H groups in total. The lowest BCUT2D eigenvalue weighted by Crippen LogP contribution is -2.17. The van der Waals surface area contributed by atoms with E-state index < -0.39 is 0 Å². The van der Waals surface area contributed by atoms with Gasteiger partial charge in [0.2, 0.25) is 0 Å². The molecule has 1 heterocycles. The number of halogens is 1. The maximum Gasteiger partial charge on any atom is 0.346 e. The van der Waals surface area contributed by atoms with Gasteiger partial charge in [-0.1, -0.05) is 17.7 Å². The van der Waals surface area contributed by atoms with Gasteiger partial charge in [0.25, 0.3) is 0 Å². The Morgan fingerprint density at radius 1 is 1.38 bits per heavy atom. The lowest BCUT2D eigenvalue weighted by molar-refractivity contribution is 0.240. The fourth-order valence-corrected chi connectivity index (χ4v) is 2.58. The topological polar surface area (TPSA) is 50.7 Å². The lowest BCUT2D eigenvalue weighted by Gasteiger charge is -2.20. The van der Waals surface area contributed by atoms with E-state index in [4.69, 9.17) is 16.3 Å². The van der Waals surface area contributed by atoms with Gasteiger partial charge >= 0.3 is 6.03 Å². The van der Waals surface area contributed by atoms with Gasteiger partial charge in [0.1, 0.15) is 5.75 Å². The third-order valence-electron chi connectivity index (χ3n) is 3.24. The molecule has 0 aromatic heterocycles. The van der Waals surface area contributed by atoms with Crippen molar-refractivity contribution in [2.45, 2.75) is 25.9 Å². The van der Waals surface area contributed by atoms with Gasteiger partial charge in [-0.3, -0.25) is 0 Å². The third-order valence-corrected chi connectivity index (χ3v) is 3.48. The summed E-state index contributed by atoms with van der Waals surface area (Å²) in [7, 11) is 0. The molecule has 1 aromatic carbocycles. The number of aliphatic imine (C=N–C) groups is 1. The molecule has 0 fully saturated rings. The molecule has 4 nitrogen and oxygen atoms in total. The summed E-state index contributed by atoms with van der Waals surface area (Å²) in [5.74, 6) is 0.787. The zero-order valence-electron chi connectivity index (χ0n) is 11.8. The first-order valence-electron chi connectivity index (χ1n) is 6.79. The summed E-state index contributed by atoms with van der Waals surface area (Å²) in [6, 6.07) is 5.25. The summed E-state index contributed by atoms with van der Waals surface area (Å²) in [5, 5.41) is 3.38. The summed E-state index contributed by atoms with van der Waals surface area (Å²) in [5.41, 5.74) is 2.38. The standard InChI is InChI=1S/C16H15ClN2O2/c1-9(2)21-15-6-4-11(17)8-12(15)10-3-5-13-14(7-10)19-16(20)18-13/h3-10H,1-2H3,(H,19,20). The molecule has 0 bridgehead atoms. The minimum absolute atomic E-state index is 0.00944. The first kappa shape index (κ1) is 13.9. The van der Waals surface area contributed by atoms with E-state index in [0.717, 1.165) is 17.0 Å². The molecular formula is C16H15ClN2O2. The van der Waals surface area contributed by atoms with E-state index in [-0.39, 0.29) is 18.1 Å². The van der Waals surface area contributed by atoms with Crippen molar-refractivity contribution in [3.05, 3.63) is 52.7 Å². The second-order valence-electron chi connectivity index (χ2n) is 5.24. The van der Waals surface area contributed by atoms with Gasteiger partial charge in [-0.15, -0.1) is 0 Å². The van der Waals surface area contributed by atoms with Crippen LogP contribution in [0.4, 0.5) is 4.79 Å². The van der Waals surface area contributed by atoms with Crippen molar-refractivity contribution >= 4 is 23.3 Å². The van der Waals surface area contributed by atoms with Gasteiger partial charge in [0, 0.05) is 16.5 Å². The zero-order chi connectivity index (χ0) is 15.0. The maximum absolute atomic E-state index is 11.3. The number of fused-ring (bicyclic) bond motifs is 1. The van der Waals surface area contributed by atoms with Crippen LogP contribution in [0.1, 0.15) is 25.3 Å². The molecule has 1 aliphatic carbocycles. The van der Waals surface area contributed by atoms with Crippen LogP contribution in [-0.4, -0.2) is 17.8 Å². The molecule has 108 valence electrons. The minimum atomic E-state index is -0.328. The molecule has 2 aliphatic rings. The molecule has 5 heteroatoms. The van der Waals surface area contributed by atoms with E-state index >= 15 is 0 Å². The van der Waals surface area contributed by atoms with Crippen LogP contribution in [0.3, 0.4) is 0 Å². The minimum Gasteiger partial charge on any atom is -0.491 e. The van der Waals surface area contributed by atoms with E-state index in [1.807, 2.05) is 50.3 Å². The summed E-state index contributed by atoms with van der Waals surface area (Å²) in [6.45, 7) is 3.96. The number of carbonyl (C=O) groups excluding carboxylic acids is 1. The van der Waals surface area contributed by atoms with Gasteiger partial charge in [-0.2, -0.15) is 4.99 Å². The Morgan fingerprint density at radius 2 is 2.19 bits per heavy atom. The maximum atomic E-state index is 11.3. The van der Waals surface area contributed by atoms with Crippen molar-refractivity contribution < 1.29 is 9.53 Å². The van der Waals surface area contributed by atoms with E-state index in [2.05, 4.69) is 10.3 Å². The van der Waals surface area contributed by atoms with Crippen molar-refractivity contribution in [2.24, 2.45) is 4.99 Å². The Labute approximate surface area is 128 Å². The highest BCUT2D eigenvalue weighted by atomic mass is 35.5. The average Bonchev–Trinajstić information content (AvgIpc) is 2.79. The van der Waals surface area contributed by atoms with Crippen LogP contribution >= 0.6 is 11.6 Å². The molecule has 2 amide bonds. The molecule has 0 saturated carbocycles. The van der Waals surface area contributed by atoms with Crippen molar-refractivity contribution in [1.82, 2.24) is 5.32 Å². The molecule has 0 radical (unpaired) electrons. The highest BCUT2D eigenvalue weighted by Gasteiger charge is 2.24. The number of hydrogen-bond donors (Lipinski definition) is 1. The predicted molar refractivity (Wildman–Crippen MR) is 83.1 cm³/mol. The number of carbonyl (C=O) groups is 1. The predicted octanol–water partition coefficient (Wildman–Crippen LogP) is 3.83. The molecule has 0 spiro atoms. The van der Waals surface area contributed by atoms with E-state index in [9.17, 15) is 4.79 Å². The van der Waals surface area contributed by atoms with Gasteiger partial charge in [0.15, 0.2) is 0 Å². The molecule has 1 atom stereocenters. The molecule has 1 aliphatic heterocycles. The Kier molecular flexibility index (Phi) is 3.55. The average molecular weight is 303 g/mol. The smallest absolute Gasteiger partial charge is 0.346 e. The number of hydrogen-bond acceptors (Lipinski definition) is 2. The molecule has 21 heavy (non-hydrogen) atoms. The van der Waals surface area contributed by atoms with Crippen LogP contribution in [0.2, 0.25) is 5.02 Å². The Hall–Kier alpha value is -2.07. The van der Waals surface area contributed by atoms with Crippen molar-refractivity contribution in [2.75, 3.05) is 0 Å². The second kappa shape index (κ2) is 5.37. The first-order valence-corrected chi connectivity index (χ1v) is 7.17. The number of allylic oxidation sites excluding steroid dienone is 3. The van der Waals surface area contributed by atoms with E-state index in [0.29, 0.717) is 10.7 Å². The van der Waals surface area contributed by atoms with Crippen LogP contribution in [0.5, 0.6) is 5.75 Å². The highest BCUT2D eigenvalue weighted by Crippen LogP contribution is 2.34. The van der Waals surface area contributed by atoms with Crippen molar-refractivity contribution in [3.8, 4) is 5.75 Å². The third kappa shape index (κ3) is 2.85. The lowest BCUT2D eigenvalue weighted by atomic mass is 9.92. The van der Waals surface area contributed by atoms with E-state index in [1.165, 1.54) is 0 Å². The Bertz CT molecular complexity index is 690. The first-order chi connectivity index (χ1) is 10.0. The zero-order valence-corrected chi connectivity index (χ0v) is 12.5. The number of ether oxygens (including phenoxy) is 1. The molecule has 0 saturated heterocycles. The SMILES string of the molecule is CC(C)Oc1ccc(Cl)cc1C1C=CC2=NC(=O)NC2=C1. The fraction of sp³-hybridized carbons (Fsp3) is 0.250. The van der Waals surface area contributed by atoms with Crippen molar-refractivity contribution in [1.29, 1.82) is 0 Å². The molecule has 3 rings (SSSR count).